The van der Waals surface area contributed by atoms with Crippen LogP contribution in [-0.2, 0) is 5.60 Å². The normalized spacial score (nSPS) is 27.0. The van der Waals surface area contributed by atoms with Crippen LogP contribution >= 0.6 is 24.0 Å². The summed E-state index contributed by atoms with van der Waals surface area (Å²) in [5, 5.41) is 27.1. The Labute approximate surface area is 161 Å². The van der Waals surface area contributed by atoms with Crippen molar-refractivity contribution in [1.82, 2.24) is 10.6 Å². The maximum atomic E-state index is 10.4. The molecule has 1 aliphatic carbocycles. The molecule has 0 saturated heterocycles. The highest BCUT2D eigenvalue weighted by atomic mass is 127. The molecule has 0 aromatic carbocycles. The quantitative estimate of drug-likeness (QED) is 0.313. The van der Waals surface area contributed by atoms with Gasteiger partial charge in [-0.1, -0.05) is 19.8 Å². The smallest absolute Gasteiger partial charge is 0.191 e. The summed E-state index contributed by atoms with van der Waals surface area (Å²) in [5.41, 5.74) is -1.26. The van der Waals surface area contributed by atoms with Gasteiger partial charge < -0.3 is 25.3 Å². The molecule has 0 radical (unpaired) electrons. The van der Waals surface area contributed by atoms with Gasteiger partial charge in [0.1, 0.15) is 11.4 Å². The van der Waals surface area contributed by atoms with E-state index in [1.165, 1.54) is 0 Å². The van der Waals surface area contributed by atoms with E-state index in [0.717, 1.165) is 25.7 Å². The molecule has 3 atom stereocenters. The minimum atomic E-state index is -1.12. The fraction of sp³-hybridized carbons (Fsp3) is 0.706. The summed E-state index contributed by atoms with van der Waals surface area (Å²) in [5.74, 6) is 1.12. The Morgan fingerprint density at radius 1 is 1.46 bits per heavy atom. The maximum Gasteiger partial charge on any atom is 0.191 e. The first-order chi connectivity index (χ1) is 10.9. The predicted molar refractivity (Wildman–Crippen MR) is 106 cm³/mol. The molecule has 0 bridgehead atoms. The number of hydrogen-bond donors (Lipinski definition) is 4. The maximum absolute atomic E-state index is 10.4. The van der Waals surface area contributed by atoms with E-state index in [1.54, 1.807) is 32.4 Å². The lowest BCUT2D eigenvalue weighted by Crippen LogP contribution is -2.50. The lowest BCUT2D eigenvalue weighted by atomic mass is 9.73. The molecule has 0 aliphatic heterocycles. The van der Waals surface area contributed by atoms with Gasteiger partial charge in [-0.3, -0.25) is 4.99 Å². The standard InChI is InChI=1S/C17H29N3O3.HI/c1-16(9-5-4-7-13(16)21)11-19-15(18-3)20-12-17(2,22)14-8-6-10-23-14;/h6,8,10,13,21-22H,4-5,7,9,11-12H2,1-3H3,(H2,18,19,20);1H. The molecule has 6 nitrogen and oxygen atoms in total. The van der Waals surface area contributed by atoms with Crippen LogP contribution in [0.1, 0.15) is 45.3 Å². The van der Waals surface area contributed by atoms with Crippen LogP contribution in [0.5, 0.6) is 0 Å². The summed E-state index contributed by atoms with van der Waals surface area (Å²) in [6, 6.07) is 3.50. The average molecular weight is 451 g/mol. The molecule has 1 aliphatic rings. The molecule has 1 aromatic heterocycles. The van der Waals surface area contributed by atoms with E-state index in [-0.39, 0.29) is 42.0 Å². The first-order valence-corrected chi connectivity index (χ1v) is 8.26. The molecule has 0 spiro atoms. The van der Waals surface area contributed by atoms with E-state index in [9.17, 15) is 10.2 Å². The van der Waals surface area contributed by atoms with Gasteiger partial charge in [-0.2, -0.15) is 0 Å². The average Bonchev–Trinajstić information content (AvgIpc) is 3.06. The summed E-state index contributed by atoms with van der Waals surface area (Å²) in [6.07, 6.45) is 5.36. The fourth-order valence-corrected chi connectivity index (χ4v) is 3.02. The van der Waals surface area contributed by atoms with Gasteiger partial charge in [0.15, 0.2) is 5.96 Å². The topological polar surface area (TPSA) is 90.0 Å². The second-order valence-electron chi connectivity index (χ2n) is 6.95. The van der Waals surface area contributed by atoms with Crippen LogP contribution in [0.4, 0.5) is 0 Å². The van der Waals surface area contributed by atoms with Crippen LogP contribution in [-0.4, -0.2) is 42.4 Å². The molecule has 24 heavy (non-hydrogen) atoms. The Balaban J connectivity index is 0.00000288. The summed E-state index contributed by atoms with van der Waals surface area (Å²) in [7, 11) is 1.69. The third-order valence-corrected chi connectivity index (χ3v) is 4.82. The van der Waals surface area contributed by atoms with Gasteiger partial charge in [0.2, 0.25) is 0 Å². The lowest BCUT2D eigenvalue weighted by Gasteiger charge is -2.39. The fourth-order valence-electron chi connectivity index (χ4n) is 3.02. The summed E-state index contributed by atoms with van der Waals surface area (Å²) in [4.78, 5) is 4.18. The van der Waals surface area contributed by atoms with Crippen LogP contribution in [0.25, 0.3) is 0 Å². The number of aliphatic hydroxyl groups excluding tert-OH is 1. The zero-order valence-electron chi connectivity index (χ0n) is 14.7. The minimum Gasteiger partial charge on any atom is -0.466 e. The van der Waals surface area contributed by atoms with E-state index in [2.05, 4.69) is 22.5 Å². The van der Waals surface area contributed by atoms with Gasteiger partial charge in [0.25, 0.3) is 0 Å². The van der Waals surface area contributed by atoms with Gasteiger partial charge in [-0.05, 0) is 31.9 Å². The highest BCUT2D eigenvalue weighted by molar-refractivity contribution is 14.0. The zero-order chi connectivity index (χ0) is 16.9. The molecule has 1 aromatic rings. The van der Waals surface area contributed by atoms with Crippen molar-refractivity contribution < 1.29 is 14.6 Å². The Hall–Kier alpha value is -0.800. The van der Waals surface area contributed by atoms with E-state index < -0.39 is 5.60 Å². The summed E-state index contributed by atoms with van der Waals surface area (Å²) < 4.78 is 5.27. The largest absolute Gasteiger partial charge is 0.466 e. The molecule has 1 saturated carbocycles. The molecule has 3 unspecified atom stereocenters. The van der Waals surface area contributed by atoms with Crippen molar-refractivity contribution >= 4 is 29.9 Å². The monoisotopic (exact) mass is 451 g/mol. The van der Waals surface area contributed by atoms with Crippen molar-refractivity contribution in [2.45, 2.75) is 51.2 Å². The number of nitrogens with one attached hydrogen (secondary N) is 2. The van der Waals surface area contributed by atoms with Crippen molar-refractivity contribution in [2.75, 3.05) is 20.1 Å². The van der Waals surface area contributed by atoms with E-state index in [1.807, 2.05) is 0 Å². The number of hydrogen-bond acceptors (Lipinski definition) is 4. The number of rotatable bonds is 5. The van der Waals surface area contributed by atoms with E-state index in [4.69, 9.17) is 4.42 Å². The number of aliphatic hydroxyl groups is 2. The highest BCUT2D eigenvalue weighted by Crippen LogP contribution is 2.35. The SMILES string of the molecule is CN=C(NCC(C)(O)c1ccco1)NCC1(C)CCCCC1O.I. The number of guanidine groups is 1. The van der Waals surface area contributed by atoms with Crippen LogP contribution in [0.2, 0.25) is 0 Å². The second-order valence-corrected chi connectivity index (χ2v) is 6.95. The van der Waals surface area contributed by atoms with Crippen molar-refractivity contribution in [3.8, 4) is 0 Å². The molecule has 138 valence electrons. The second kappa shape index (κ2) is 9.05. The Bertz CT molecular complexity index is 519. The molecule has 1 heterocycles. The summed E-state index contributed by atoms with van der Waals surface area (Å²) in [6.45, 7) is 4.73. The van der Waals surface area contributed by atoms with Gasteiger partial charge in [-0.15, -0.1) is 24.0 Å². The molecular formula is C17H30IN3O3. The first kappa shape index (κ1) is 21.2. The zero-order valence-corrected chi connectivity index (χ0v) is 17.0. The Morgan fingerprint density at radius 2 is 2.21 bits per heavy atom. The number of aliphatic imine (C=N–C) groups is 1. The molecule has 2 rings (SSSR count). The number of nitrogens with zero attached hydrogens (tertiary/aromatic N) is 1. The van der Waals surface area contributed by atoms with Crippen molar-refractivity contribution in [3.05, 3.63) is 24.2 Å². The molecular weight excluding hydrogens is 421 g/mol. The van der Waals surface area contributed by atoms with Gasteiger partial charge >= 0.3 is 0 Å². The predicted octanol–water partition coefficient (Wildman–Crippen LogP) is 2.21. The summed E-state index contributed by atoms with van der Waals surface area (Å²) >= 11 is 0. The highest BCUT2D eigenvalue weighted by Gasteiger charge is 2.35. The van der Waals surface area contributed by atoms with Gasteiger partial charge in [-0.25, -0.2) is 0 Å². The van der Waals surface area contributed by atoms with E-state index >= 15 is 0 Å². The first-order valence-electron chi connectivity index (χ1n) is 8.26. The third-order valence-electron chi connectivity index (χ3n) is 4.82. The van der Waals surface area contributed by atoms with Crippen LogP contribution in [0, 0.1) is 5.41 Å². The van der Waals surface area contributed by atoms with Crippen LogP contribution in [0.3, 0.4) is 0 Å². The van der Waals surface area contributed by atoms with Crippen LogP contribution < -0.4 is 10.6 Å². The van der Waals surface area contributed by atoms with Crippen molar-refractivity contribution in [2.24, 2.45) is 10.4 Å². The van der Waals surface area contributed by atoms with Gasteiger partial charge in [0.05, 0.1) is 18.9 Å². The van der Waals surface area contributed by atoms with E-state index in [0.29, 0.717) is 18.3 Å². The molecule has 0 amide bonds. The van der Waals surface area contributed by atoms with Crippen molar-refractivity contribution in [3.63, 3.8) is 0 Å². The van der Waals surface area contributed by atoms with Crippen LogP contribution in [0.15, 0.2) is 27.8 Å². The Morgan fingerprint density at radius 3 is 2.79 bits per heavy atom. The van der Waals surface area contributed by atoms with Gasteiger partial charge in [0, 0.05) is 19.0 Å². The van der Waals surface area contributed by atoms with Crippen molar-refractivity contribution in [1.29, 1.82) is 0 Å². The number of furan rings is 1. The Kier molecular flexibility index (Phi) is 8.01. The molecule has 1 fully saturated rings. The molecule has 4 N–H and O–H groups in total. The molecule has 7 heteroatoms. The third kappa shape index (κ3) is 5.35. The number of halogens is 1. The minimum absolute atomic E-state index is 0. The lowest BCUT2D eigenvalue weighted by molar-refractivity contribution is 0.00376.